The van der Waals surface area contributed by atoms with Crippen LogP contribution in [-0.4, -0.2) is 18.8 Å². The average molecular weight is 232 g/mol. The Morgan fingerprint density at radius 1 is 1.35 bits per heavy atom. The van der Waals surface area contributed by atoms with Gasteiger partial charge in [0.25, 0.3) is 0 Å². The van der Waals surface area contributed by atoms with Gasteiger partial charge < -0.3 is 15.0 Å². The van der Waals surface area contributed by atoms with E-state index in [4.69, 9.17) is 15.0 Å². The van der Waals surface area contributed by atoms with Crippen molar-refractivity contribution in [2.75, 3.05) is 13.7 Å². The minimum atomic E-state index is 0.574. The molecule has 0 aliphatic rings. The smallest absolute Gasteiger partial charge is 0.137 e. The third-order valence-electron chi connectivity index (χ3n) is 2.74. The number of para-hydroxylation sites is 1. The maximum Gasteiger partial charge on any atom is 0.137 e. The summed E-state index contributed by atoms with van der Waals surface area (Å²) in [6, 6.07) is 7.76. The number of rotatable bonds is 4. The molecule has 90 valence electrons. The molecule has 17 heavy (non-hydrogen) atoms. The van der Waals surface area contributed by atoms with Crippen LogP contribution in [0.2, 0.25) is 0 Å². The Balaban J connectivity index is 2.52. The van der Waals surface area contributed by atoms with Crippen LogP contribution in [0.15, 0.2) is 28.8 Å². The predicted molar refractivity (Wildman–Crippen MR) is 66.0 cm³/mol. The predicted octanol–water partition coefficient (Wildman–Crippen LogP) is 2.16. The van der Waals surface area contributed by atoms with Gasteiger partial charge in [0, 0.05) is 11.1 Å². The van der Waals surface area contributed by atoms with Crippen LogP contribution >= 0.6 is 0 Å². The standard InChI is InChI=1S/C13H16N2O2/c1-9-10(7-8-14)13(15-17-9)11-5-3-4-6-12(11)16-2/h3-6H,7-8,14H2,1-2H3. The number of ether oxygens (including phenoxy) is 1. The lowest BCUT2D eigenvalue weighted by atomic mass is 10.0. The van der Waals surface area contributed by atoms with Crippen molar-refractivity contribution in [3.63, 3.8) is 0 Å². The lowest BCUT2D eigenvalue weighted by molar-refractivity contribution is 0.396. The maximum absolute atomic E-state index is 5.61. The van der Waals surface area contributed by atoms with E-state index in [0.29, 0.717) is 6.54 Å². The van der Waals surface area contributed by atoms with Gasteiger partial charge in [-0.25, -0.2) is 0 Å². The Bertz CT molecular complexity index is 506. The number of nitrogens with two attached hydrogens (primary N) is 1. The molecule has 0 aliphatic heterocycles. The number of benzene rings is 1. The van der Waals surface area contributed by atoms with E-state index in [9.17, 15) is 0 Å². The van der Waals surface area contributed by atoms with Gasteiger partial charge >= 0.3 is 0 Å². The summed E-state index contributed by atoms with van der Waals surface area (Å²) in [5.74, 6) is 1.61. The van der Waals surface area contributed by atoms with Crippen LogP contribution in [-0.2, 0) is 6.42 Å². The summed E-state index contributed by atoms with van der Waals surface area (Å²) in [6.07, 6.45) is 0.753. The van der Waals surface area contributed by atoms with Crippen LogP contribution in [0.25, 0.3) is 11.3 Å². The van der Waals surface area contributed by atoms with Gasteiger partial charge in [-0.3, -0.25) is 0 Å². The van der Waals surface area contributed by atoms with Gasteiger partial charge in [-0.2, -0.15) is 0 Å². The van der Waals surface area contributed by atoms with Crippen molar-refractivity contribution < 1.29 is 9.26 Å². The minimum absolute atomic E-state index is 0.574. The second kappa shape index (κ2) is 5.01. The van der Waals surface area contributed by atoms with Crippen LogP contribution < -0.4 is 10.5 Å². The Labute approximate surface area is 100 Å². The largest absolute Gasteiger partial charge is 0.496 e. The highest BCUT2D eigenvalue weighted by molar-refractivity contribution is 5.70. The van der Waals surface area contributed by atoms with E-state index in [1.54, 1.807) is 7.11 Å². The lowest BCUT2D eigenvalue weighted by Gasteiger charge is -2.06. The van der Waals surface area contributed by atoms with E-state index in [2.05, 4.69) is 5.16 Å². The van der Waals surface area contributed by atoms with Crippen molar-refractivity contribution in [3.05, 3.63) is 35.6 Å². The van der Waals surface area contributed by atoms with Gasteiger partial charge in [0.15, 0.2) is 0 Å². The summed E-state index contributed by atoms with van der Waals surface area (Å²) in [4.78, 5) is 0. The van der Waals surface area contributed by atoms with Crippen LogP contribution in [0, 0.1) is 6.92 Å². The number of methoxy groups -OCH3 is 1. The molecule has 0 unspecified atom stereocenters. The van der Waals surface area contributed by atoms with Crippen molar-refractivity contribution in [1.82, 2.24) is 5.16 Å². The Hall–Kier alpha value is -1.81. The molecule has 4 nitrogen and oxygen atoms in total. The molecular formula is C13H16N2O2. The second-order valence-electron chi connectivity index (χ2n) is 3.80. The molecule has 4 heteroatoms. The Morgan fingerprint density at radius 3 is 2.82 bits per heavy atom. The molecule has 0 aliphatic carbocycles. The molecule has 0 spiro atoms. The van der Waals surface area contributed by atoms with Gasteiger partial charge in [-0.15, -0.1) is 0 Å². The molecule has 0 radical (unpaired) electrons. The molecule has 0 amide bonds. The first kappa shape index (κ1) is 11.7. The van der Waals surface area contributed by atoms with E-state index in [0.717, 1.165) is 34.8 Å². The molecule has 0 fully saturated rings. The van der Waals surface area contributed by atoms with Crippen molar-refractivity contribution in [2.24, 2.45) is 5.73 Å². The van der Waals surface area contributed by atoms with E-state index >= 15 is 0 Å². The number of aryl methyl sites for hydroxylation is 1. The van der Waals surface area contributed by atoms with E-state index in [1.165, 1.54) is 0 Å². The van der Waals surface area contributed by atoms with Gasteiger partial charge in [-0.05, 0) is 32.0 Å². The fourth-order valence-electron chi connectivity index (χ4n) is 1.88. The summed E-state index contributed by atoms with van der Waals surface area (Å²) in [5.41, 5.74) is 8.42. The maximum atomic E-state index is 5.61. The van der Waals surface area contributed by atoms with Crippen LogP contribution in [0.4, 0.5) is 0 Å². The highest BCUT2D eigenvalue weighted by atomic mass is 16.5. The lowest BCUT2D eigenvalue weighted by Crippen LogP contribution is -2.04. The zero-order chi connectivity index (χ0) is 12.3. The molecule has 1 aromatic carbocycles. The van der Waals surface area contributed by atoms with E-state index in [-0.39, 0.29) is 0 Å². The molecule has 0 atom stereocenters. The first-order valence-corrected chi connectivity index (χ1v) is 5.56. The summed E-state index contributed by atoms with van der Waals surface area (Å²) >= 11 is 0. The fraction of sp³-hybridized carbons (Fsp3) is 0.308. The van der Waals surface area contributed by atoms with Crippen molar-refractivity contribution in [2.45, 2.75) is 13.3 Å². The summed E-state index contributed by atoms with van der Waals surface area (Å²) in [7, 11) is 1.65. The highest BCUT2D eigenvalue weighted by Gasteiger charge is 2.16. The van der Waals surface area contributed by atoms with Gasteiger partial charge in [0.1, 0.15) is 17.2 Å². The summed E-state index contributed by atoms with van der Waals surface area (Å²) in [5, 5.41) is 4.10. The summed E-state index contributed by atoms with van der Waals surface area (Å²) < 4.78 is 10.6. The second-order valence-corrected chi connectivity index (χ2v) is 3.80. The third-order valence-corrected chi connectivity index (χ3v) is 2.74. The molecule has 2 aromatic rings. The molecule has 2 rings (SSSR count). The normalized spacial score (nSPS) is 10.5. The number of nitrogens with zero attached hydrogens (tertiary/aromatic N) is 1. The summed E-state index contributed by atoms with van der Waals surface area (Å²) in [6.45, 7) is 2.47. The van der Waals surface area contributed by atoms with Gasteiger partial charge in [0.2, 0.25) is 0 Å². The third kappa shape index (κ3) is 2.17. The molecular weight excluding hydrogens is 216 g/mol. The highest BCUT2D eigenvalue weighted by Crippen LogP contribution is 2.32. The number of hydrogen-bond acceptors (Lipinski definition) is 4. The van der Waals surface area contributed by atoms with Crippen molar-refractivity contribution in [1.29, 1.82) is 0 Å². The first-order valence-electron chi connectivity index (χ1n) is 5.56. The molecule has 2 N–H and O–H groups in total. The molecule has 1 heterocycles. The van der Waals surface area contributed by atoms with Crippen molar-refractivity contribution >= 4 is 0 Å². The Kier molecular flexibility index (Phi) is 3.44. The van der Waals surface area contributed by atoms with Crippen LogP contribution in [0.1, 0.15) is 11.3 Å². The topological polar surface area (TPSA) is 61.3 Å². The van der Waals surface area contributed by atoms with Gasteiger partial charge in [-0.1, -0.05) is 17.3 Å². The quantitative estimate of drug-likeness (QED) is 0.877. The zero-order valence-electron chi connectivity index (χ0n) is 10.1. The molecule has 0 bridgehead atoms. The zero-order valence-corrected chi connectivity index (χ0v) is 10.1. The fourth-order valence-corrected chi connectivity index (χ4v) is 1.88. The molecule has 1 aromatic heterocycles. The molecule has 0 saturated carbocycles. The number of hydrogen-bond donors (Lipinski definition) is 1. The van der Waals surface area contributed by atoms with Crippen LogP contribution in [0.3, 0.4) is 0 Å². The van der Waals surface area contributed by atoms with Gasteiger partial charge in [0.05, 0.1) is 7.11 Å². The SMILES string of the molecule is COc1ccccc1-c1noc(C)c1CCN. The van der Waals surface area contributed by atoms with Crippen molar-refractivity contribution in [3.8, 4) is 17.0 Å². The monoisotopic (exact) mass is 232 g/mol. The Morgan fingerprint density at radius 2 is 2.12 bits per heavy atom. The van der Waals surface area contributed by atoms with E-state index < -0.39 is 0 Å². The molecule has 0 saturated heterocycles. The number of aromatic nitrogens is 1. The minimum Gasteiger partial charge on any atom is -0.496 e. The average Bonchev–Trinajstić information content (AvgIpc) is 2.72. The van der Waals surface area contributed by atoms with E-state index in [1.807, 2.05) is 31.2 Å². The van der Waals surface area contributed by atoms with Crippen LogP contribution in [0.5, 0.6) is 5.75 Å². The first-order chi connectivity index (χ1) is 8.27.